The molecule has 0 atom stereocenters. The van der Waals surface area contributed by atoms with Crippen molar-refractivity contribution in [1.29, 1.82) is 0 Å². The van der Waals surface area contributed by atoms with Gasteiger partial charge in [0.15, 0.2) is 0 Å². The summed E-state index contributed by atoms with van der Waals surface area (Å²) in [4.78, 5) is 25.4. The van der Waals surface area contributed by atoms with Gasteiger partial charge in [-0.15, -0.1) is 0 Å². The van der Waals surface area contributed by atoms with Crippen LogP contribution in [0.15, 0.2) is 52.7 Å². The SMILES string of the molecule is COC(=O)C1=C(C(=O)OC)N(c2c(Cl)cc(S(N)(=O)=O)cc2Cl)C=CC=C1. The molecule has 27 heavy (non-hydrogen) atoms. The Morgan fingerprint density at radius 1 is 1.04 bits per heavy atom. The van der Waals surface area contributed by atoms with Crippen LogP contribution in [0.2, 0.25) is 10.0 Å². The molecule has 0 bridgehead atoms. The highest BCUT2D eigenvalue weighted by Gasteiger charge is 2.30. The minimum absolute atomic E-state index is 0.0486. The minimum Gasteiger partial charge on any atom is -0.465 e. The summed E-state index contributed by atoms with van der Waals surface area (Å²) in [5.74, 6) is -1.66. The number of anilines is 1. The van der Waals surface area contributed by atoms with Gasteiger partial charge in [-0.05, 0) is 24.3 Å². The maximum atomic E-state index is 12.4. The number of esters is 2. The van der Waals surface area contributed by atoms with Gasteiger partial charge in [-0.2, -0.15) is 0 Å². The number of halogens is 2. The summed E-state index contributed by atoms with van der Waals surface area (Å²) in [6.45, 7) is 0. The van der Waals surface area contributed by atoms with Crippen LogP contribution < -0.4 is 10.0 Å². The van der Waals surface area contributed by atoms with Gasteiger partial charge < -0.3 is 14.4 Å². The van der Waals surface area contributed by atoms with Gasteiger partial charge in [0, 0.05) is 6.20 Å². The molecule has 0 saturated carbocycles. The molecule has 0 amide bonds. The van der Waals surface area contributed by atoms with E-state index in [1.54, 1.807) is 0 Å². The monoisotopic (exact) mass is 432 g/mol. The van der Waals surface area contributed by atoms with Crippen molar-refractivity contribution < 1.29 is 27.5 Å². The Kier molecular flexibility index (Phi) is 6.32. The Balaban J connectivity index is 2.79. The Labute approximate surface area is 165 Å². The van der Waals surface area contributed by atoms with Gasteiger partial charge in [0.05, 0.1) is 40.4 Å². The van der Waals surface area contributed by atoms with Gasteiger partial charge >= 0.3 is 11.9 Å². The highest BCUT2D eigenvalue weighted by Crippen LogP contribution is 2.39. The smallest absolute Gasteiger partial charge is 0.355 e. The number of benzene rings is 1. The van der Waals surface area contributed by atoms with Crippen molar-refractivity contribution in [2.45, 2.75) is 4.90 Å². The molecule has 8 nitrogen and oxygen atoms in total. The van der Waals surface area contributed by atoms with E-state index < -0.39 is 22.0 Å². The number of carbonyl (C=O) groups is 2. The number of carbonyl (C=O) groups excluding carboxylic acids is 2. The van der Waals surface area contributed by atoms with Crippen LogP contribution in [0.5, 0.6) is 0 Å². The Morgan fingerprint density at radius 2 is 1.59 bits per heavy atom. The number of nitrogens with zero attached hydrogens (tertiary/aromatic N) is 1. The first kappa shape index (κ1) is 21.0. The lowest BCUT2D eigenvalue weighted by atomic mass is 10.1. The average Bonchev–Trinajstić information content (AvgIpc) is 2.82. The number of primary sulfonamides is 1. The van der Waals surface area contributed by atoms with Gasteiger partial charge in [-0.25, -0.2) is 23.1 Å². The third-order valence-electron chi connectivity index (χ3n) is 3.45. The maximum Gasteiger partial charge on any atom is 0.355 e. The van der Waals surface area contributed by atoms with E-state index in [-0.39, 0.29) is 31.9 Å². The number of rotatable bonds is 4. The number of sulfonamides is 1. The zero-order valence-corrected chi connectivity index (χ0v) is 16.4. The second kappa shape index (κ2) is 8.13. The molecule has 1 aromatic carbocycles. The second-order valence-corrected chi connectivity index (χ2v) is 7.47. The zero-order valence-electron chi connectivity index (χ0n) is 14.1. The zero-order chi connectivity index (χ0) is 20.4. The highest BCUT2D eigenvalue weighted by atomic mass is 35.5. The van der Waals surface area contributed by atoms with E-state index in [1.165, 1.54) is 29.3 Å². The van der Waals surface area contributed by atoms with Crippen LogP contribution in [0.25, 0.3) is 0 Å². The highest BCUT2D eigenvalue weighted by molar-refractivity contribution is 7.89. The number of allylic oxidation sites excluding steroid dienone is 2. The molecular formula is C16H14Cl2N2O6S. The van der Waals surface area contributed by atoms with Crippen molar-refractivity contribution in [3.63, 3.8) is 0 Å². The Morgan fingerprint density at radius 3 is 2.07 bits per heavy atom. The van der Waals surface area contributed by atoms with E-state index in [4.69, 9.17) is 37.8 Å². The molecular weight excluding hydrogens is 419 g/mol. The van der Waals surface area contributed by atoms with Crippen molar-refractivity contribution in [1.82, 2.24) is 0 Å². The summed E-state index contributed by atoms with van der Waals surface area (Å²) in [7, 11) is -1.77. The topological polar surface area (TPSA) is 116 Å². The van der Waals surface area contributed by atoms with Crippen molar-refractivity contribution >= 4 is 50.9 Å². The lowest BCUT2D eigenvalue weighted by Gasteiger charge is -2.25. The molecule has 1 heterocycles. The summed E-state index contributed by atoms with van der Waals surface area (Å²) in [6.07, 6.45) is 5.77. The standard InChI is InChI=1S/C16H14Cl2N2O6S/c1-25-15(21)10-5-3-4-6-20(13(10)16(22)26-2)14-11(17)7-9(8-12(14)18)27(19,23)24/h3-8H,1-2H3,(H2,19,23,24). The minimum atomic E-state index is -4.06. The van der Waals surface area contributed by atoms with E-state index >= 15 is 0 Å². The van der Waals surface area contributed by atoms with E-state index in [0.29, 0.717) is 0 Å². The van der Waals surface area contributed by atoms with E-state index in [0.717, 1.165) is 26.4 Å². The quantitative estimate of drug-likeness (QED) is 0.724. The first-order valence-electron chi connectivity index (χ1n) is 7.18. The molecule has 0 unspecified atom stereocenters. The summed E-state index contributed by atoms with van der Waals surface area (Å²) >= 11 is 12.4. The van der Waals surface area contributed by atoms with Crippen LogP contribution in [-0.4, -0.2) is 34.6 Å². The van der Waals surface area contributed by atoms with Crippen LogP contribution in [0.1, 0.15) is 0 Å². The third kappa shape index (κ3) is 4.33. The largest absolute Gasteiger partial charge is 0.465 e. The number of ether oxygens (including phenoxy) is 2. The van der Waals surface area contributed by atoms with Gasteiger partial charge in [-0.1, -0.05) is 29.3 Å². The number of methoxy groups -OCH3 is 2. The molecule has 0 saturated heterocycles. The first-order chi connectivity index (χ1) is 12.6. The Hall–Kier alpha value is -2.33. The maximum absolute atomic E-state index is 12.4. The molecule has 0 fully saturated rings. The van der Waals surface area contributed by atoms with E-state index in [1.807, 2.05) is 0 Å². The summed E-state index contributed by atoms with van der Waals surface area (Å²) < 4.78 is 32.6. The van der Waals surface area contributed by atoms with Crippen molar-refractivity contribution in [3.8, 4) is 0 Å². The van der Waals surface area contributed by atoms with Crippen molar-refractivity contribution in [2.24, 2.45) is 5.14 Å². The normalized spacial score (nSPS) is 14.2. The van der Waals surface area contributed by atoms with Gasteiger partial charge in [0.1, 0.15) is 5.70 Å². The average molecular weight is 433 g/mol. The molecule has 11 heteroatoms. The third-order valence-corrected chi connectivity index (χ3v) is 4.92. The predicted molar refractivity (Wildman–Crippen MR) is 99.7 cm³/mol. The summed E-state index contributed by atoms with van der Waals surface area (Å²) in [6, 6.07) is 2.16. The fraction of sp³-hybridized carbons (Fsp3) is 0.125. The van der Waals surface area contributed by atoms with Crippen LogP contribution in [-0.2, 0) is 29.1 Å². The molecule has 0 aromatic heterocycles. The number of hydrogen-bond acceptors (Lipinski definition) is 7. The molecule has 1 aliphatic rings. The van der Waals surface area contributed by atoms with E-state index in [2.05, 4.69) is 0 Å². The second-order valence-electron chi connectivity index (χ2n) is 5.10. The van der Waals surface area contributed by atoms with Crippen molar-refractivity contribution in [2.75, 3.05) is 19.1 Å². The van der Waals surface area contributed by atoms with Gasteiger partial charge in [0.2, 0.25) is 10.0 Å². The number of hydrogen-bond donors (Lipinski definition) is 1. The lowest BCUT2D eigenvalue weighted by Crippen LogP contribution is -2.27. The molecule has 144 valence electrons. The van der Waals surface area contributed by atoms with Crippen LogP contribution in [0.4, 0.5) is 5.69 Å². The molecule has 2 N–H and O–H groups in total. The van der Waals surface area contributed by atoms with E-state index in [9.17, 15) is 18.0 Å². The summed E-state index contributed by atoms with van der Waals surface area (Å²) in [5, 5.41) is 4.85. The number of nitrogens with two attached hydrogens (primary N) is 1. The fourth-order valence-corrected chi connectivity index (χ4v) is 3.64. The molecule has 1 aliphatic heterocycles. The summed E-state index contributed by atoms with van der Waals surface area (Å²) in [5.41, 5.74) is -0.286. The molecule has 0 radical (unpaired) electrons. The molecule has 2 rings (SSSR count). The molecule has 1 aromatic rings. The van der Waals surface area contributed by atoms with Crippen LogP contribution >= 0.6 is 23.2 Å². The Bertz CT molecular complexity index is 975. The van der Waals surface area contributed by atoms with Crippen LogP contribution in [0, 0.1) is 0 Å². The molecule has 0 aliphatic carbocycles. The van der Waals surface area contributed by atoms with Gasteiger partial charge in [0.25, 0.3) is 0 Å². The van der Waals surface area contributed by atoms with Crippen molar-refractivity contribution in [3.05, 3.63) is 57.9 Å². The first-order valence-corrected chi connectivity index (χ1v) is 9.49. The predicted octanol–water partition coefficient (Wildman–Crippen LogP) is 2.13. The molecule has 0 spiro atoms. The fourth-order valence-electron chi connectivity index (χ4n) is 2.27. The van der Waals surface area contributed by atoms with Crippen LogP contribution in [0.3, 0.4) is 0 Å². The van der Waals surface area contributed by atoms with Gasteiger partial charge in [-0.3, -0.25) is 0 Å². The lowest BCUT2D eigenvalue weighted by molar-refractivity contribution is -0.139.